The Morgan fingerprint density at radius 2 is 1.53 bits per heavy atom. The molecular weight excluding hydrogens is 195 g/mol. The summed E-state index contributed by atoms with van der Waals surface area (Å²) in [7, 11) is -1.18. The quantitative estimate of drug-likeness (QED) is 0.452. The molecule has 0 saturated carbocycles. The van der Waals surface area contributed by atoms with Crippen LogP contribution in [0.2, 0.25) is 0 Å². The van der Waals surface area contributed by atoms with Crippen molar-refractivity contribution in [1.29, 1.82) is 0 Å². The molecule has 2 rings (SSSR count). The van der Waals surface area contributed by atoms with Gasteiger partial charge in [0, 0.05) is 0 Å². The Balaban J connectivity index is 2.59. The van der Waals surface area contributed by atoms with Gasteiger partial charge in [0.1, 0.15) is 0 Å². The predicted octanol–water partition coefficient (Wildman–Crippen LogP) is 1.51. The molecule has 0 spiro atoms. The maximum absolute atomic E-state index is 8.55. The van der Waals surface area contributed by atoms with E-state index in [0.29, 0.717) is 5.46 Å². The molecule has 4 nitrogen and oxygen atoms in total. The van der Waals surface area contributed by atoms with Gasteiger partial charge < -0.3 is 0 Å². The third kappa shape index (κ3) is 1.86. The van der Waals surface area contributed by atoms with Gasteiger partial charge >= 0.3 is 7.12 Å². The van der Waals surface area contributed by atoms with Crippen LogP contribution in [0.3, 0.4) is 0 Å². The summed E-state index contributed by atoms with van der Waals surface area (Å²) >= 11 is 0. The van der Waals surface area contributed by atoms with Crippen molar-refractivity contribution >= 4 is 23.4 Å². The molecule has 0 aliphatic heterocycles. The second kappa shape index (κ2) is 4.42. The summed E-state index contributed by atoms with van der Waals surface area (Å²) in [5, 5.41) is 18.9. The van der Waals surface area contributed by atoms with Crippen LogP contribution >= 0.6 is 0 Å². The van der Waals surface area contributed by atoms with Crippen LogP contribution in [0.15, 0.2) is 42.5 Å². The molecule has 0 aliphatic carbocycles. The number of benzene rings is 2. The van der Waals surface area contributed by atoms with E-state index in [2.05, 4.69) is 9.61 Å². The molecule has 0 aromatic heterocycles. The molecule has 0 amide bonds. The van der Waals surface area contributed by atoms with Crippen LogP contribution in [-0.2, 0) is 9.61 Å². The highest BCUT2D eigenvalue weighted by molar-refractivity contribution is 6.63. The van der Waals surface area contributed by atoms with Crippen molar-refractivity contribution in [3.8, 4) is 0 Å². The molecule has 76 valence electrons. The van der Waals surface area contributed by atoms with E-state index in [0.717, 1.165) is 10.8 Å². The van der Waals surface area contributed by atoms with E-state index in [4.69, 9.17) is 10.5 Å². The second-order valence-electron chi connectivity index (χ2n) is 3.11. The van der Waals surface area contributed by atoms with Gasteiger partial charge in [-0.2, -0.15) is 0 Å². The van der Waals surface area contributed by atoms with Crippen molar-refractivity contribution in [2.24, 2.45) is 0 Å². The summed E-state index contributed by atoms with van der Waals surface area (Å²) in [6.07, 6.45) is 0. The van der Waals surface area contributed by atoms with Crippen molar-refractivity contribution in [2.75, 3.05) is 0 Å². The molecule has 0 radical (unpaired) electrons. The molecule has 0 heterocycles. The Bertz CT molecular complexity index is 451. The Morgan fingerprint density at radius 3 is 2.27 bits per heavy atom. The van der Waals surface area contributed by atoms with Gasteiger partial charge in [-0.05, 0) is 16.2 Å². The summed E-state index contributed by atoms with van der Waals surface area (Å²) in [5.41, 5.74) is 0.568. The lowest BCUT2D eigenvalue weighted by Crippen LogP contribution is -2.35. The zero-order chi connectivity index (χ0) is 10.7. The van der Waals surface area contributed by atoms with Crippen LogP contribution < -0.4 is 5.46 Å². The second-order valence-corrected chi connectivity index (χ2v) is 3.11. The van der Waals surface area contributed by atoms with Gasteiger partial charge in [0.25, 0.3) is 0 Å². The number of hydrogen-bond acceptors (Lipinski definition) is 4. The monoisotopic (exact) mass is 204 g/mol. The van der Waals surface area contributed by atoms with E-state index in [1.165, 1.54) is 0 Å². The van der Waals surface area contributed by atoms with Crippen molar-refractivity contribution < 1.29 is 20.1 Å². The molecule has 0 saturated heterocycles. The minimum absolute atomic E-state index is 0.568. The van der Waals surface area contributed by atoms with Crippen LogP contribution in [0, 0.1) is 0 Å². The zero-order valence-corrected chi connectivity index (χ0v) is 7.83. The van der Waals surface area contributed by atoms with Gasteiger partial charge in [0.15, 0.2) is 0 Å². The maximum Gasteiger partial charge on any atom is 0.554 e. The maximum atomic E-state index is 8.55. The average molecular weight is 204 g/mol. The van der Waals surface area contributed by atoms with Gasteiger partial charge in [-0.3, -0.25) is 20.1 Å². The Morgan fingerprint density at radius 1 is 0.867 bits per heavy atom. The first-order valence-electron chi connectivity index (χ1n) is 4.45. The minimum Gasteiger partial charge on any atom is -0.264 e. The lowest BCUT2D eigenvalue weighted by molar-refractivity contribution is -0.221. The fourth-order valence-electron chi connectivity index (χ4n) is 1.59. The van der Waals surface area contributed by atoms with Crippen LogP contribution in [-0.4, -0.2) is 17.6 Å². The summed E-state index contributed by atoms with van der Waals surface area (Å²) < 4.78 is 0. The summed E-state index contributed by atoms with van der Waals surface area (Å²) in [6, 6.07) is 13.0. The van der Waals surface area contributed by atoms with E-state index >= 15 is 0 Å². The van der Waals surface area contributed by atoms with Gasteiger partial charge in [0.05, 0.1) is 0 Å². The summed E-state index contributed by atoms with van der Waals surface area (Å²) in [4.78, 5) is 8.04. The molecule has 2 N–H and O–H groups in total. The smallest absolute Gasteiger partial charge is 0.264 e. The van der Waals surface area contributed by atoms with E-state index < -0.39 is 7.12 Å². The Labute approximate surface area is 86.7 Å². The molecular formula is C10H9BO4. The van der Waals surface area contributed by atoms with Gasteiger partial charge in [0.2, 0.25) is 0 Å². The third-order valence-corrected chi connectivity index (χ3v) is 2.27. The first-order chi connectivity index (χ1) is 7.36. The Hall–Kier alpha value is -1.40. The number of fused-ring (bicyclic) bond motifs is 1. The average Bonchev–Trinajstić information content (AvgIpc) is 2.31. The summed E-state index contributed by atoms with van der Waals surface area (Å²) in [6.45, 7) is 0. The molecule has 0 bridgehead atoms. The third-order valence-electron chi connectivity index (χ3n) is 2.27. The van der Waals surface area contributed by atoms with Crippen LogP contribution in [0.5, 0.6) is 0 Å². The van der Waals surface area contributed by atoms with Crippen molar-refractivity contribution in [2.45, 2.75) is 0 Å². The molecule has 0 aliphatic rings. The lowest BCUT2D eigenvalue weighted by atomic mass is 9.77. The fraction of sp³-hybridized carbons (Fsp3) is 0. The van der Waals surface area contributed by atoms with Crippen molar-refractivity contribution in [3.05, 3.63) is 42.5 Å². The summed E-state index contributed by atoms with van der Waals surface area (Å²) in [5.74, 6) is 0. The van der Waals surface area contributed by atoms with Gasteiger partial charge in [-0.15, -0.1) is 0 Å². The van der Waals surface area contributed by atoms with E-state index in [1.807, 2.05) is 30.3 Å². The first-order valence-corrected chi connectivity index (χ1v) is 4.45. The first kappa shape index (κ1) is 10.1. The lowest BCUT2D eigenvalue weighted by Gasteiger charge is -2.08. The van der Waals surface area contributed by atoms with Crippen LogP contribution in [0.4, 0.5) is 0 Å². The molecule has 0 fully saturated rings. The van der Waals surface area contributed by atoms with Gasteiger partial charge in [-0.25, -0.2) is 0 Å². The van der Waals surface area contributed by atoms with E-state index in [-0.39, 0.29) is 0 Å². The standard InChI is InChI=1S/C10H9BO4/c12-14-11(15-13)10-7-3-5-8-4-1-2-6-9(8)10/h1-7,12-13H. The molecule has 15 heavy (non-hydrogen) atoms. The molecule has 0 unspecified atom stereocenters. The molecule has 2 aromatic rings. The highest BCUT2D eigenvalue weighted by Crippen LogP contribution is 2.11. The molecule has 2 aromatic carbocycles. The molecule has 0 atom stereocenters. The van der Waals surface area contributed by atoms with E-state index in [1.54, 1.807) is 12.1 Å². The van der Waals surface area contributed by atoms with E-state index in [9.17, 15) is 0 Å². The fourth-order valence-corrected chi connectivity index (χ4v) is 1.59. The highest BCUT2D eigenvalue weighted by Gasteiger charge is 2.23. The molecule has 5 heteroatoms. The topological polar surface area (TPSA) is 58.9 Å². The largest absolute Gasteiger partial charge is 0.554 e. The number of rotatable bonds is 3. The van der Waals surface area contributed by atoms with Crippen LogP contribution in [0.1, 0.15) is 0 Å². The Kier molecular flexibility index (Phi) is 2.98. The van der Waals surface area contributed by atoms with Crippen molar-refractivity contribution in [1.82, 2.24) is 0 Å². The normalized spacial score (nSPS) is 10.5. The SMILES string of the molecule is OOB(OO)c1cccc2ccccc12. The zero-order valence-electron chi connectivity index (χ0n) is 7.83. The van der Waals surface area contributed by atoms with Crippen LogP contribution in [0.25, 0.3) is 10.8 Å². The van der Waals surface area contributed by atoms with Crippen molar-refractivity contribution in [3.63, 3.8) is 0 Å². The number of hydrogen-bond donors (Lipinski definition) is 2. The predicted molar refractivity (Wildman–Crippen MR) is 56.8 cm³/mol. The minimum atomic E-state index is -1.18. The van der Waals surface area contributed by atoms with Gasteiger partial charge in [-0.1, -0.05) is 42.5 Å². The highest BCUT2D eigenvalue weighted by atomic mass is 17.2.